The summed E-state index contributed by atoms with van der Waals surface area (Å²) >= 11 is 3.34. The van der Waals surface area contributed by atoms with Crippen LogP contribution in [0, 0.1) is 13.8 Å². The maximum Gasteiger partial charge on any atom is 0.214 e. The van der Waals surface area contributed by atoms with E-state index < -0.39 is 0 Å². The molecule has 1 aliphatic rings. The van der Waals surface area contributed by atoms with Gasteiger partial charge in [-0.15, -0.1) is 16.4 Å². The molecule has 0 amide bonds. The first-order valence-corrected chi connectivity index (χ1v) is 9.39. The van der Waals surface area contributed by atoms with Crippen LogP contribution in [0.1, 0.15) is 30.5 Å². The van der Waals surface area contributed by atoms with Crippen LogP contribution in [0.3, 0.4) is 0 Å². The lowest BCUT2D eigenvalue weighted by Gasteiger charge is -2.36. The Hall–Kier alpha value is -1.51. The molecule has 4 heterocycles. The second-order valence-electron chi connectivity index (χ2n) is 6.51. The number of hydrogen-bond donors (Lipinski definition) is 1. The van der Waals surface area contributed by atoms with Crippen molar-refractivity contribution in [2.24, 2.45) is 5.73 Å². The third-order valence-corrected chi connectivity index (χ3v) is 6.47. The van der Waals surface area contributed by atoms with Gasteiger partial charge < -0.3 is 10.6 Å². The van der Waals surface area contributed by atoms with E-state index in [2.05, 4.69) is 21.8 Å². The number of fused-ring (bicyclic) bond motifs is 1. The molecule has 0 spiro atoms. The second-order valence-corrected chi connectivity index (χ2v) is 8.65. The number of rotatable bonds is 2. The predicted octanol–water partition coefficient (Wildman–Crippen LogP) is 2.85. The number of hydrogen-bond acceptors (Lipinski definition) is 7. The molecule has 1 fully saturated rings. The SMILES string of the molecule is Cc1nc(C)c(-c2cnc3sc(N4CCC(C)(N)CC4)nn23)s1. The van der Waals surface area contributed by atoms with Crippen molar-refractivity contribution in [2.45, 2.75) is 39.2 Å². The zero-order valence-corrected chi connectivity index (χ0v) is 15.2. The van der Waals surface area contributed by atoms with Crippen LogP contribution >= 0.6 is 22.7 Å². The highest BCUT2D eigenvalue weighted by molar-refractivity contribution is 7.20. The number of nitrogens with zero attached hydrogens (tertiary/aromatic N) is 5. The molecule has 0 bridgehead atoms. The van der Waals surface area contributed by atoms with Crippen LogP contribution in [0.25, 0.3) is 15.5 Å². The van der Waals surface area contributed by atoms with E-state index in [0.29, 0.717) is 0 Å². The van der Waals surface area contributed by atoms with E-state index in [-0.39, 0.29) is 5.54 Å². The summed E-state index contributed by atoms with van der Waals surface area (Å²) in [5.74, 6) is 0. The van der Waals surface area contributed by atoms with E-state index in [0.717, 1.165) is 57.3 Å². The lowest BCUT2D eigenvalue weighted by Crippen LogP contribution is -2.48. The molecule has 4 rings (SSSR count). The first-order valence-electron chi connectivity index (χ1n) is 7.76. The van der Waals surface area contributed by atoms with E-state index in [1.807, 2.05) is 24.6 Å². The fourth-order valence-corrected chi connectivity index (χ4v) is 4.79. The highest BCUT2D eigenvalue weighted by Crippen LogP contribution is 2.34. The molecular weight excluding hydrogens is 328 g/mol. The molecule has 0 aliphatic carbocycles. The minimum absolute atomic E-state index is 0.0453. The topological polar surface area (TPSA) is 72.3 Å². The van der Waals surface area contributed by atoms with Crippen molar-refractivity contribution in [1.82, 2.24) is 19.6 Å². The van der Waals surface area contributed by atoms with Crippen LogP contribution < -0.4 is 10.6 Å². The third kappa shape index (κ3) is 2.64. The normalized spacial score (nSPS) is 18.0. The van der Waals surface area contributed by atoms with Gasteiger partial charge in [-0.3, -0.25) is 0 Å². The number of anilines is 1. The minimum atomic E-state index is -0.0453. The maximum absolute atomic E-state index is 6.23. The van der Waals surface area contributed by atoms with Crippen molar-refractivity contribution < 1.29 is 0 Å². The smallest absolute Gasteiger partial charge is 0.214 e. The lowest BCUT2D eigenvalue weighted by molar-refractivity contribution is 0.363. The molecule has 3 aromatic heterocycles. The van der Waals surface area contributed by atoms with Crippen LogP contribution in [0.15, 0.2) is 6.20 Å². The molecule has 2 N–H and O–H groups in total. The molecule has 1 saturated heterocycles. The Labute approximate surface area is 143 Å². The fraction of sp³-hybridized carbons (Fsp3) is 0.533. The number of nitrogens with two attached hydrogens (primary N) is 1. The molecule has 0 radical (unpaired) electrons. The summed E-state index contributed by atoms with van der Waals surface area (Å²) in [6, 6.07) is 0. The summed E-state index contributed by atoms with van der Waals surface area (Å²) in [6.07, 6.45) is 3.89. The Balaban J connectivity index is 1.69. The van der Waals surface area contributed by atoms with Crippen LogP contribution in [-0.2, 0) is 0 Å². The van der Waals surface area contributed by atoms with Crippen LogP contribution in [-0.4, -0.2) is 38.2 Å². The standard InChI is InChI=1S/C15H20N6S2/c1-9-12(22-10(2)18-9)11-8-17-13-21(11)19-14(23-13)20-6-4-15(3,16)5-7-20/h8H,4-7,16H2,1-3H3. The minimum Gasteiger partial charge on any atom is -0.347 e. The summed E-state index contributed by atoms with van der Waals surface area (Å²) in [5, 5.41) is 6.91. The number of aromatic nitrogens is 4. The molecule has 122 valence electrons. The van der Waals surface area contributed by atoms with E-state index in [1.54, 1.807) is 22.7 Å². The van der Waals surface area contributed by atoms with E-state index in [4.69, 9.17) is 10.8 Å². The van der Waals surface area contributed by atoms with Gasteiger partial charge in [-0.1, -0.05) is 11.3 Å². The van der Waals surface area contributed by atoms with Gasteiger partial charge in [0.05, 0.1) is 21.8 Å². The largest absolute Gasteiger partial charge is 0.347 e. The Kier molecular flexibility index (Phi) is 3.44. The highest BCUT2D eigenvalue weighted by atomic mass is 32.1. The molecule has 6 nitrogen and oxygen atoms in total. The average Bonchev–Trinajstić information content (AvgIpc) is 3.13. The average molecular weight is 349 g/mol. The molecular formula is C15H20N6S2. The zero-order valence-electron chi connectivity index (χ0n) is 13.5. The summed E-state index contributed by atoms with van der Waals surface area (Å²) in [6.45, 7) is 8.11. The first-order chi connectivity index (χ1) is 10.9. The Bertz CT molecular complexity index is 849. The molecule has 0 saturated carbocycles. The zero-order chi connectivity index (χ0) is 16.2. The third-order valence-electron chi connectivity index (χ3n) is 4.39. The van der Waals surface area contributed by atoms with E-state index in [1.165, 1.54) is 0 Å². The molecule has 3 aromatic rings. The molecule has 0 unspecified atom stereocenters. The van der Waals surface area contributed by atoms with Crippen molar-refractivity contribution in [3.05, 3.63) is 16.9 Å². The predicted molar refractivity (Wildman–Crippen MR) is 95.5 cm³/mol. The van der Waals surface area contributed by atoms with Crippen LogP contribution in [0.2, 0.25) is 0 Å². The molecule has 0 atom stereocenters. The first kappa shape index (κ1) is 15.0. The van der Waals surface area contributed by atoms with E-state index in [9.17, 15) is 0 Å². The van der Waals surface area contributed by atoms with Gasteiger partial charge in [0.1, 0.15) is 5.69 Å². The molecule has 8 heteroatoms. The van der Waals surface area contributed by atoms with E-state index >= 15 is 0 Å². The lowest BCUT2D eigenvalue weighted by atomic mass is 9.91. The van der Waals surface area contributed by atoms with Crippen molar-refractivity contribution in [2.75, 3.05) is 18.0 Å². The van der Waals surface area contributed by atoms with Gasteiger partial charge in [-0.05, 0) is 33.6 Å². The Morgan fingerprint density at radius 2 is 1.96 bits per heavy atom. The Morgan fingerprint density at radius 1 is 1.22 bits per heavy atom. The summed E-state index contributed by atoms with van der Waals surface area (Å²) in [5.41, 5.74) is 8.26. The maximum atomic E-state index is 6.23. The quantitative estimate of drug-likeness (QED) is 0.771. The molecule has 0 aromatic carbocycles. The van der Waals surface area contributed by atoms with Crippen LogP contribution in [0.5, 0.6) is 0 Å². The van der Waals surface area contributed by atoms with Crippen molar-refractivity contribution in [1.29, 1.82) is 0 Å². The number of imidazole rings is 1. The fourth-order valence-electron chi connectivity index (χ4n) is 2.94. The number of piperidine rings is 1. The van der Waals surface area contributed by atoms with Crippen LogP contribution in [0.4, 0.5) is 5.13 Å². The summed E-state index contributed by atoms with van der Waals surface area (Å²) in [4.78, 5) is 13.5. The van der Waals surface area contributed by atoms with Gasteiger partial charge in [0.15, 0.2) is 0 Å². The number of thiazole rings is 1. The monoisotopic (exact) mass is 348 g/mol. The highest BCUT2D eigenvalue weighted by Gasteiger charge is 2.28. The number of aryl methyl sites for hydroxylation is 2. The van der Waals surface area contributed by atoms with Gasteiger partial charge in [0.25, 0.3) is 0 Å². The van der Waals surface area contributed by atoms with Crippen molar-refractivity contribution in [3.8, 4) is 10.6 Å². The second kappa shape index (κ2) is 5.25. The summed E-state index contributed by atoms with van der Waals surface area (Å²) in [7, 11) is 0. The van der Waals surface area contributed by atoms with Crippen molar-refractivity contribution in [3.63, 3.8) is 0 Å². The van der Waals surface area contributed by atoms with Gasteiger partial charge in [-0.25, -0.2) is 14.5 Å². The van der Waals surface area contributed by atoms with Gasteiger partial charge in [0, 0.05) is 18.6 Å². The summed E-state index contributed by atoms with van der Waals surface area (Å²) < 4.78 is 1.95. The molecule has 1 aliphatic heterocycles. The van der Waals surface area contributed by atoms with Crippen molar-refractivity contribution >= 4 is 32.8 Å². The molecule has 23 heavy (non-hydrogen) atoms. The van der Waals surface area contributed by atoms with Gasteiger partial charge >= 0.3 is 0 Å². The van der Waals surface area contributed by atoms with Gasteiger partial charge in [-0.2, -0.15) is 0 Å². The van der Waals surface area contributed by atoms with Gasteiger partial charge in [0.2, 0.25) is 10.1 Å². The Morgan fingerprint density at radius 3 is 2.61 bits per heavy atom.